The van der Waals surface area contributed by atoms with Crippen molar-refractivity contribution in [3.63, 3.8) is 0 Å². The van der Waals surface area contributed by atoms with E-state index in [1.54, 1.807) is 0 Å². The summed E-state index contributed by atoms with van der Waals surface area (Å²) < 4.78 is 47.3. The van der Waals surface area contributed by atoms with Crippen molar-refractivity contribution >= 4 is 22.2 Å². The van der Waals surface area contributed by atoms with Gasteiger partial charge in [-0.1, -0.05) is 6.07 Å². The van der Waals surface area contributed by atoms with E-state index in [-0.39, 0.29) is 16.4 Å². The van der Waals surface area contributed by atoms with Gasteiger partial charge < -0.3 is 14.0 Å². The number of hydrogen-bond acceptors (Lipinski definition) is 5. The SMILES string of the molecule is COc1cc(/C=C/C(=O)O)ccc1OS(=O)(=O)c1ccc(F)cc1. The van der Waals surface area contributed by atoms with Gasteiger partial charge in [0, 0.05) is 6.08 Å². The van der Waals surface area contributed by atoms with Crippen molar-refractivity contribution in [2.45, 2.75) is 4.90 Å². The van der Waals surface area contributed by atoms with Gasteiger partial charge in [-0.2, -0.15) is 8.42 Å². The van der Waals surface area contributed by atoms with E-state index in [4.69, 9.17) is 14.0 Å². The summed E-state index contributed by atoms with van der Waals surface area (Å²) >= 11 is 0. The second-order valence-corrected chi connectivity index (χ2v) is 6.12. The standard InChI is InChI=1S/C16H13FO6S/c1-22-15-10-11(3-9-16(18)19)2-8-14(15)23-24(20,21)13-6-4-12(17)5-7-13/h2-10H,1H3,(H,18,19)/b9-3+. The minimum Gasteiger partial charge on any atom is -0.493 e. The zero-order valence-corrected chi connectivity index (χ0v) is 13.3. The van der Waals surface area contributed by atoms with Crippen LogP contribution in [0.1, 0.15) is 5.56 Å². The maximum Gasteiger partial charge on any atom is 0.339 e. The normalized spacial score (nSPS) is 11.4. The van der Waals surface area contributed by atoms with Crippen LogP contribution in [0.15, 0.2) is 53.4 Å². The molecule has 0 amide bonds. The highest BCUT2D eigenvalue weighted by atomic mass is 32.2. The number of halogens is 1. The Bertz CT molecular complexity index is 872. The molecule has 2 aromatic rings. The van der Waals surface area contributed by atoms with Crippen molar-refractivity contribution in [1.29, 1.82) is 0 Å². The summed E-state index contributed by atoms with van der Waals surface area (Å²) in [5, 5.41) is 8.61. The van der Waals surface area contributed by atoms with Gasteiger partial charge in [0.25, 0.3) is 0 Å². The third kappa shape index (κ3) is 4.32. The van der Waals surface area contributed by atoms with Gasteiger partial charge in [-0.05, 0) is 48.0 Å². The van der Waals surface area contributed by atoms with Gasteiger partial charge in [0.15, 0.2) is 11.5 Å². The van der Waals surface area contributed by atoms with Gasteiger partial charge in [0.2, 0.25) is 0 Å². The van der Waals surface area contributed by atoms with Crippen LogP contribution < -0.4 is 8.92 Å². The fourth-order valence-electron chi connectivity index (χ4n) is 1.79. The van der Waals surface area contributed by atoms with Gasteiger partial charge in [0.05, 0.1) is 7.11 Å². The molecule has 8 heteroatoms. The van der Waals surface area contributed by atoms with Crippen molar-refractivity contribution in [2.75, 3.05) is 7.11 Å². The minimum absolute atomic E-state index is 0.0747. The van der Waals surface area contributed by atoms with Crippen molar-refractivity contribution < 1.29 is 31.6 Å². The van der Waals surface area contributed by atoms with Crippen LogP contribution in [0.2, 0.25) is 0 Å². The zero-order chi connectivity index (χ0) is 17.7. The first-order chi connectivity index (χ1) is 11.3. The van der Waals surface area contributed by atoms with E-state index >= 15 is 0 Å². The monoisotopic (exact) mass is 352 g/mol. The van der Waals surface area contributed by atoms with E-state index in [2.05, 4.69) is 0 Å². The van der Waals surface area contributed by atoms with Gasteiger partial charge in [-0.3, -0.25) is 0 Å². The number of carboxylic acids is 1. The van der Waals surface area contributed by atoms with Crippen LogP contribution in [0.5, 0.6) is 11.5 Å². The Balaban J connectivity index is 2.31. The fraction of sp³-hybridized carbons (Fsp3) is 0.0625. The number of benzene rings is 2. The number of carbonyl (C=O) groups is 1. The highest BCUT2D eigenvalue weighted by Crippen LogP contribution is 2.31. The van der Waals surface area contributed by atoms with E-state index in [0.717, 1.165) is 30.3 Å². The van der Waals surface area contributed by atoms with Crippen LogP contribution in [-0.4, -0.2) is 26.6 Å². The molecule has 0 saturated heterocycles. The Morgan fingerprint density at radius 2 is 1.79 bits per heavy atom. The Morgan fingerprint density at radius 1 is 1.12 bits per heavy atom. The number of ether oxygens (including phenoxy) is 1. The van der Waals surface area contributed by atoms with Gasteiger partial charge in [-0.25, -0.2) is 9.18 Å². The molecule has 0 aliphatic carbocycles. The molecule has 0 heterocycles. The summed E-state index contributed by atoms with van der Waals surface area (Å²) in [6, 6.07) is 8.41. The van der Waals surface area contributed by atoms with Gasteiger partial charge in [0.1, 0.15) is 10.7 Å². The number of rotatable bonds is 6. The predicted octanol–water partition coefficient (Wildman–Crippen LogP) is 2.70. The summed E-state index contributed by atoms with van der Waals surface area (Å²) in [5.74, 6) is -1.66. The molecule has 0 bridgehead atoms. The molecule has 0 aromatic heterocycles. The van der Waals surface area contributed by atoms with Gasteiger partial charge in [-0.15, -0.1) is 0 Å². The first-order valence-electron chi connectivity index (χ1n) is 6.61. The second-order valence-electron chi connectivity index (χ2n) is 4.57. The van der Waals surface area contributed by atoms with Crippen LogP contribution in [0, 0.1) is 5.82 Å². The van der Waals surface area contributed by atoms with Crippen molar-refractivity contribution in [3.8, 4) is 11.5 Å². The molecule has 0 aliphatic heterocycles. The molecular weight excluding hydrogens is 339 g/mol. The highest BCUT2D eigenvalue weighted by molar-refractivity contribution is 7.87. The Hall–Kier alpha value is -2.87. The lowest BCUT2D eigenvalue weighted by atomic mass is 10.2. The van der Waals surface area contributed by atoms with Crippen LogP contribution >= 0.6 is 0 Å². The predicted molar refractivity (Wildman–Crippen MR) is 83.9 cm³/mol. The molecule has 2 rings (SSSR count). The Kier molecular flexibility index (Phi) is 5.20. The van der Waals surface area contributed by atoms with E-state index in [1.807, 2.05) is 0 Å². The minimum atomic E-state index is -4.16. The first kappa shape index (κ1) is 17.5. The zero-order valence-electron chi connectivity index (χ0n) is 12.5. The van der Waals surface area contributed by atoms with Crippen molar-refractivity contribution in [2.24, 2.45) is 0 Å². The lowest BCUT2D eigenvalue weighted by Gasteiger charge is -2.11. The third-order valence-corrected chi connectivity index (χ3v) is 4.16. The molecule has 0 unspecified atom stereocenters. The van der Waals surface area contributed by atoms with E-state index < -0.39 is 21.9 Å². The Labute approximate surface area is 137 Å². The fourth-order valence-corrected chi connectivity index (χ4v) is 2.73. The highest BCUT2D eigenvalue weighted by Gasteiger charge is 2.19. The lowest BCUT2D eigenvalue weighted by Crippen LogP contribution is -2.10. The first-order valence-corrected chi connectivity index (χ1v) is 8.02. The number of methoxy groups -OCH3 is 1. The maximum absolute atomic E-state index is 12.9. The number of hydrogen-bond donors (Lipinski definition) is 1. The topological polar surface area (TPSA) is 89.9 Å². The second kappa shape index (κ2) is 7.14. The molecule has 24 heavy (non-hydrogen) atoms. The summed E-state index contributed by atoms with van der Waals surface area (Å²) in [5.41, 5.74) is 0.487. The van der Waals surface area contributed by atoms with Crippen LogP contribution in [0.4, 0.5) is 4.39 Å². The van der Waals surface area contributed by atoms with E-state index in [1.165, 1.54) is 31.4 Å². The quantitative estimate of drug-likeness (QED) is 0.635. The molecular formula is C16H13FO6S. The summed E-state index contributed by atoms with van der Waals surface area (Å²) in [7, 11) is -2.84. The summed E-state index contributed by atoms with van der Waals surface area (Å²) in [4.78, 5) is 10.3. The molecule has 1 N–H and O–H groups in total. The molecule has 0 aliphatic rings. The smallest absolute Gasteiger partial charge is 0.339 e. The van der Waals surface area contributed by atoms with Gasteiger partial charge >= 0.3 is 16.1 Å². The van der Waals surface area contributed by atoms with Crippen molar-refractivity contribution in [1.82, 2.24) is 0 Å². The number of aliphatic carboxylic acids is 1. The average Bonchev–Trinajstić information content (AvgIpc) is 2.54. The summed E-state index contributed by atoms with van der Waals surface area (Å²) in [6.07, 6.45) is 2.26. The van der Waals surface area contributed by atoms with E-state index in [0.29, 0.717) is 5.56 Å². The van der Waals surface area contributed by atoms with Crippen molar-refractivity contribution in [3.05, 3.63) is 59.9 Å². The maximum atomic E-state index is 12.9. The molecule has 0 atom stereocenters. The number of carboxylic acid groups (broad SMARTS) is 1. The molecule has 6 nitrogen and oxygen atoms in total. The largest absolute Gasteiger partial charge is 0.493 e. The van der Waals surface area contributed by atoms with Crippen LogP contribution in [-0.2, 0) is 14.9 Å². The van der Waals surface area contributed by atoms with E-state index in [9.17, 15) is 17.6 Å². The Morgan fingerprint density at radius 3 is 2.38 bits per heavy atom. The van der Waals surface area contributed by atoms with Crippen LogP contribution in [0.3, 0.4) is 0 Å². The average molecular weight is 352 g/mol. The molecule has 0 fully saturated rings. The molecule has 126 valence electrons. The molecule has 0 saturated carbocycles. The summed E-state index contributed by atoms with van der Waals surface area (Å²) in [6.45, 7) is 0. The van der Waals surface area contributed by atoms with Crippen LogP contribution in [0.25, 0.3) is 6.08 Å². The molecule has 0 spiro atoms. The third-order valence-electron chi connectivity index (χ3n) is 2.91. The molecule has 2 aromatic carbocycles. The lowest BCUT2D eigenvalue weighted by molar-refractivity contribution is -0.131. The molecule has 0 radical (unpaired) electrons.